The Labute approximate surface area is 123 Å². The van der Waals surface area contributed by atoms with Gasteiger partial charge in [-0.05, 0) is 30.3 Å². The Hall–Kier alpha value is -2.87. The number of fused-ring (bicyclic) bond motifs is 3. The molecule has 0 fully saturated rings. The van der Waals surface area contributed by atoms with Crippen molar-refractivity contribution in [1.82, 2.24) is 9.97 Å². The normalized spacial score (nSPS) is 10.1. The van der Waals surface area contributed by atoms with Gasteiger partial charge in [0.15, 0.2) is 0 Å². The Kier molecular flexibility index (Phi) is 3.79. The number of hydrogen-bond donors (Lipinski definition) is 1. The van der Waals surface area contributed by atoms with E-state index < -0.39 is 0 Å². The van der Waals surface area contributed by atoms with Crippen LogP contribution in [0, 0.1) is 0 Å². The molecule has 0 bridgehead atoms. The van der Waals surface area contributed by atoms with Crippen molar-refractivity contribution >= 4 is 27.9 Å². The Balaban J connectivity index is 0.000000143. The summed E-state index contributed by atoms with van der Waals surface area (Å²) in [6, 6.07) is 22.5. The highest BCUT2D eigenvalue weighted by atomic mass is 14.7. The van der Waals surface area contributed by atoms with E-state index in [0.29, 0.717) is 0 Å². The third kappa shape index (κ3) is 2.84. The number of benzene rings is 2. The van der Waals surface area contributed by atoms with E-state index >= 15 is 0 Å². The standard InChI is InChI=1S/C12H9N.C7H7N/c1-3-7-11-9(5-1)10-6-2-4-8-12(10)13-11;1-2-7-5-3-4-6-8-7/h1-8,13H;2-6H,1H2. The minimum absolute atomic E-state index is 0.924. The van der Waals surface area contributed by atoms with Gasteiger partial charge in [-0.15, -0.1) is 0 Å². The summed E-state index contributed by atoms with van der Waals surface area (Å²) >= 11 is 0. The van der Waals surface area contributed by atoms with Crippen LogP contribution in [0.25, 0.3) is 27.9 Å². The van der Waals surface area contributed by atoms with Crippen molar-refractivity contribution < 1.29 is 0 Å². The van der Waals surface area contributed by atoms with Crippen molar-refractivity contribution in [3.8, 4) is 0 Å². The summed E-state index contributed by atoms with van der Waals surface area (Å²) in [5.74, 6) is 0. The minimum Gasteiger partial charge on any atom is -0.355 e. The number of para-hydroxylation sites is 2. The number of aromatic amines is 1. The lowest BCUT2D eigenvalue weighted by atomic mass is 10.2. The lowest BCUT2D eigenvalue weighted by Crippen LogP contribution is -1.73. The molecule has 0 saturated carbocycles. The van der Waals surface area contributed by atoms with Gasteiger partial charge in [-0.1, -0.05) is 49.0 Å². The molecular weight excluding hydrogens is 256 g/mol. The fourth-order valence-corrected chi connectivity index (χ4v) is 2.30. The van der Waals surface area contributed by atoms with E-state index in [0.717, 1.165) is 5.69 Å². The first-order valence-corrected chi connectivity index (χ1v) is 6.87. The minimum atomic E-state index is 0.924. The van der Waals surface area contributed by atoms with Crippen molar-refractivity contribution in [2.45, 2.75) is 0 Å². The third-order valence-electron chi connectivity index (χ3n) is 3.31. The molecule has 0 radical (unpaired) electrons. The largest absolute Gasteiger partial charge is 0.355 e. The molecule has 4 aromatic rings. The highest BCUT2D eigenvalue weighted by molar-refractivity contribution is 6.06. The summed E-state index contributed by atoms with van der Waals surface area (Å²) in [7, 11) is 0. The van der Waals surface area contributed by atoms with Crippen LogP contribution in [0.3, 0.4) is 0 Å². The zero-order chi connectivity index (χ0) is 14.5. The van der Waals surface area contributed by atoms with Crippen molar-refractivity contribution in [2.24, 2.45) is 0 Å². The van der Waals surface area contributed by atoms with Gasteiger partial charge < -0.3 is 4.98 Å². The lowest BCUT2D eigenvalue weighted by molar-refractivity contribution is 1.30. The highest BCUT2D eigenvalue weighted by Crippen LogP contribution is 2.24. The predicted octanol–water partition coefficient (Wildman–Crippen LogP) is 5.05. The Bertz CT molecular complexity index is 810. The highest BCUT2D eigenvalue weighted by Gasteiger charge is 2.00. The third-order valence-corrected chi connectivity index (χ3v) is 3.31. The molecular formula is C19H16N2. The van der Waals surface area contributed by atoms with Crippen LogP contribution < -0.4 is 0 Å². The molecule has 2 heterocycles. The van der Waals surface area contributed by atoms with Crippen LogP contribution >= 0.6 is 0 Å². The van der Waals surface area contributed by atoms with Crippen molar-refractivity contribution in [1.29, 1.82) is 0 Å². The first kappa shape index (κ1) is 13.1. The summed E-state index contributed by atoms with van der Waals surface area (Å²) in [6.07, 6.45) is 3.47. The molecule has 0 atom stereocenters. The van der Waals surface area contributed by atoms with E-state index in [1.165, 1.54) is 21.8 Å². The fraction of sp³-hybridized carbons (Fsp3) is 0. The maximum absolute atomic E-state index is 3.98. The van der Waals surface area contributed by atoms with E-state index in [2.05, 4.69) is 65.1 Å². The molecule has 0 saturated heterocycles. The van der Waals surface area contributed by atoms with Gasteiger partial charge >= 0.3 is 0 Å². The molecule has 0 aliphatic carbocycles. The van der Waals surface area contributed by atoms with E-state index in [4.69, 9.17) is 0 Å². The van der Waals surface area contributed by atoms with Crippen molar-refractivity contribution in [3.05, 3.63) is 85.2 Å². The molecule has 102 valence electrons. The molecule has 21 heavy (non-hydrogen) atoms. The van der Waals surface area contributed by atoms with Gasteiger partial charge in [0.1, 0.15) is 0 Å². The van der Waals surface area contributed by atoms with E-state index in [1.54, 1.807) is 12.3 Å². The molecule has 2 nitrogen and oxygen atoms in total. The molecule has 0 aliphatic rings. The molecule has 1 N–H and O–H groups in total. The van der Waals surface area contributed by atoms with E-state index in [-0.39, 0.29) is 0 Å². The number of rotatable bonds is 1. The molecule has 4 rings (SSSR count). The maximum atomic E-state index is 3.98. The van der Waals surface area contributed by atoms with Gasteiger partial charge in [-0.3, -0.25) is 4.98 Å². The van der Waals surface area contributed by atoms with Gasteiger partial charge in [0.2, 0.25) is 0 Å². The predicted molar refractivity (Wildman–Crippen MR) is 90.1 cm³/mol. The van der Waals surface area contributed by atoms with Gasteiger partial charge in [0.05, 0.1) is 5.69 Å². The van der Waals surface area contributed by atoms with Crippen LogP contribution in [-0.2, 0) is 0 Å². The van der Waals surface area contributed by atoms with Crippen LogP contribution in [-0.4, -0.2) is 9.97 Å². The average molecular weight is 272 g/mol. The quantitative estimate of drug-likeness (QED) is 0.516. The van der Waals surface area contributed by atoms with E-state index in [9.17, 15) is 0 Å². The number of nitrogens with zero attached hydrogens (tertiary/aromatic N) is 1. The summed E-state index contributed by atoms with van der Waals surface area (Å²) in [4.78, 5) is 7.36. The smallest absolute Gasteiger partial charge is 0.0623 e. The molecule has 2 aromatic carbocycles. The SMILES string of the molecule is C=Cc1ccccn1.c1ccc2c(c1)[nH]c1ccccc12. The maximum Gasteiger partial charge on any atom is 0.0623 e. The van der Waals surface area contributed by atoms with Gasteiger partial charge in [0.25, 0.3) is 0 Å². The average Bonchev–Trinajstić information content (AvgIpc) is 2.95. The number of hydrogen-bond acceptors (Lipinski definition) is 1. The number of pyridine rings is 1. The van der Waals surface area contributed by atoms with Crippen molar-refractivity contribution in [3.63, 3.8) is 0 Å². The van der Waals surface area contributed by atoms with E-state index in [1.807, 2.05) is 18.2 Å². The van der Waals surface area contributed by atoms with Gasteiger partial charge in [0, 0.05) is 28.0 Å². The molecule has 0 spiro atoms. The summed E-state index contributed by atoms with van der Waals surface area (Å²) in [5, 5.41) is 2.61. The van der Waals surface area contributed by atoms with Crippen molar-refractivity contribution in [2.75, 3.05) is 0 Å². The first-order valence-electron chi connectivity index (χ1n) is 6.87. The second-order valence-electron chi connectivity index (χ2n) is 4.67. The van der Waals surface area contributed by atoms with Crippen LogP contribution in [0.15, 0.2) is 79.5 Å². The Morgan fingerprint density at radius 2 is 1.33 bits per heavy atom. The number of aromatic nitrogens is 2. The fourth-order valence-electron chi connectivity index (χ4n) is 2.30. The Morgan fingerprint density at radius 1 is 0.762 bits per heavy atom. The number of nitrogens with one attached hydrogen (secondary N) is 1. The monoisotopic (exact) mass is 272 g/mol. The van der Waals surface area contributed by atoms with Gasteiger partial charge in [-0.25, -0.2) is 0 Å². The second kappa shape index (κ2) is 6.06. The molecule has 0 amide bonds. The molecule has 0 aliphatic heterocycles. The summed E-state index contributed by atoms with van der Waals surface area (Å²) in [5.41, 5.74) is 3.35. The zero-order valence-electron chi connectivity index (χ0n) is 11.7. The number of H-pyrrole nitrogens is 1. The summed E-state index contributed by atoms with van der Waals surface area (Å²) < 4.78 is 0. The molecule has 2 heteroatoms. The van der Waals surface area contributed by atoms with Crippen LogP contribution in [0.4, 0.5) is 0 Å². The first-order chi connectivity index (χ1) is 10.4. The van der Waals surface area contributed by atoms with Crippen LogP contribution in [0.2, 0.25) is 0 Å². The van der Waals surface area contributed by atoms with Crippen LogP contribution in [0.5, 0.6) is 0 Å². The lowest BCUT2D eigenvalue weighted by Gasteiger charge is -1.87. The summed E-state index contributed by atoms with van der Waals surface area (Å²) in [6.45, 7) is 3.57. The molecule has 2 aromatic heterocycles. The Morgan fingerprint density at radius 3 is 1.81 bits per heavy atom. The van der Waals surface area contributed by atoms with Crippen LogP contribution in [0.1, 0.15) is 5.69 Å². The zero-order valence-corrected chi connectivity index (χ0v) is 11.7. The molecule has 0 unspecified atom stereocenters. The second-order valence-corrected chi connectivity index (χ2v) is 4.67. The topological polar surface area (TPSA) is 28.7 Å². The van der Waals surface area contributed by atoms with Gasteiger partial charge in [-0.2, -0.15) is 0 Å².